The van der Waals surface area contributed by atoms with E-state index in [0.29, 0.717) is 16.0 Å². The SMILES string of the molecule is Clc1cccc(Cl)c1CCn1cc(C2CCNCC2)nn1. The highest BCUT2D eigenvalue weighted by Gasteiger charge is 2.18. The molecule has 1 aliphatic heterocycles. The molecule has 1 aromatic carbocycles. The van der Waals surface area contributed by atoms with Crippen LogP contribution in [0.5, 0.6) is 0 Å². The number of halogens is 2. The number of rotatable bonds is 4. The summed E-state index contributed by atoms with van der Waals surface area (Å²) in [5.41, 5.74) is 2.07. The van der Waals surface area contributed by atoms with E-state index in [1.165, 1.54) is 0 Å². The molecular weight excluding hydrogens is 307 g/mol. The zero-order valence-corrected chi connectivity index (χ0v) is 13.2. The Kier molecular flexibility index (Phi) is 4.78. The Morgan fingerprint density at radius 2 is 1.90 bits per heavy atom. The van der Waals surface area contributed by atoms with E-state index in [1.807, 2.05) is 22.9 Å². The second-order valence-electron chi connectivity index (χ2n) is 5.38. The number of hydrogen-bond donors (Lipinski definition) is 1. The first kappa shape index (κ1) is 14.8. The molecule has 6 heteroatoms. The minimum absolute atomic E-state index is 0.531. The normalized spacial score (nSPS) is 16.3. The van der Waals surface area contributed by atoms with Gasteiger partial charge >= 0.3 is 0 Å². The summed E-state index contributed by atoms with van der Waals surface area (Å²) in [7, 11) is 0. The molecule has 1 N–H and O–H groups in total. The topological polar surface area (TPSA) is 42.7 Å². The Balaban J connectivity index is 1.64. The molecule has 1 fully saturated rings. The van der Waals surface area contributed by atoms with E-state index in [9.17, 15) is 0 Å². The summed E-state index contributed by atoms with van der Waals surface area (Å²) in [4.78, 5) is 0. The minimum atomic E-state index is 0.531. The molecule has 0 unspecified atom stereocenters. The summed E-state index contributed by atoms with van der Waals surface area (Å²) in [5.74, 6) is 0.531. The standard InChI is InChI=1S/C15H18Cl2N4/c16-13-2-1-3-14(17)12(13)6-9-21-10-15(19-20-21)11-4-7-18-8-5-11/h1-3,10-11,18H,4-9H2. The smallest absolute Gasteiger partial charge is 0.0858 e. The zero-order valence-electron chi connectivity index (χ0n) is 11.7. The zero-order chi connectivity index (χ0) is 14.7. The minimum Gasteiger partial charge on any atom is -0.317 e. The Bertz CT molecular complexity index is 585. The van der Waals surface area contributed by atoms with Crippen LogP contribution in [-0.2, 0) is 13.0 Å². The van der Waals surface area contributed by atoms with Crippen LogP contribution in [0.15, 0.2) is 24.4 Å². The molecule has 1 aromatic heterocycles. The quantitative estimate of drug-likeness (QED) is 0.938. The van der Waals surface area contributed by atoms with Gasteiger partial charge in [-0.2, -0.15) is 0 Å². The summed E-state index contributed by atoms with van der Waals surface area (Å²) >= 11 is 12.4. The maximum Gasteiger partial charge on any atom is 0.0858 e. The van der Waals surface area contributed by atoms with Crippen molar-refractivity contribution in [2.75, 3.05) is 13.1 Å². The highest BCUT2D eigenvalue weighted by molar-refractivity contribution is 6.35. The van der Waals surface area contributed by atoms with Gasteiger partial charge in [-0.15, -0.1) is 5.10 Å². The van der Waals surface area contributed by atoms with Gasteiger partial charge in [0.1, 0.15) is 0 Å². The van der Waals surface area contributed by atoms with Gasteiger partial charge in [-0.3, -0.25) is 4.68 Å². The first-order chi connectivity index (χ1) is 10.2. The number of piperidine rings is 1. The van der Waals surface area contributed by atoms with Crippen molar-refractivity contribution in [2.24, 2.45) is 0 Å². The summed E-state index contributed by atoms with van der Waals surface area (Å²) in [6, 6.07) is 5.59. The third-order valence-corrected chi connectivity index (χ3v) is 4.67. The van der Waals surface area contributed by atoms with Crippen molar-refractivity contribution in [3.63, 3.8) is 0 Å². The van der Waals surface area contributed by atoms with Crippen LogP contribution >= 0.6 is 23.2 Å². The van der Waals surface area contributed by atoms with Gasteiger partial charge in [0, 0.05) is 28.7 Å². The largest absolute Gasteiger partial charge is 0.317 e. The van der Waals surface area contributed by atoms with Gasteiger partial charge in [-0.05, 0) is 50.0 Å². The monoisotopic (exact) mass is 324 g/mol. The molecule has 2 aromatic rings. The van der Waals surface area contributed by atoms with Gasteiger partial charge in [0.15, 0.2) is 0 Å². The van der Waals surface area contributed by atoms with Gasteiger partial charge < -0.3 is 5.32 Å². The molecule has 0 saturated carbocycles. The molecule has 0 aliphatic carbocycles. The maximum absolute atomic E-state index is 6.19. The fraction of sp³-hybridized carbons (Fsp3) is 0.467. The Morgan fingerprint density at radius 1 is 1.19 bits per heavy atom. The average molecular weight is 325 g/mol. The molecule has 1 saturated heterocycles. The van der Waals surface area contributed by atoms with Gasteiger partial charge in [-0.25, -0.2) is 0 Å². The van der Waals surface area contributed by atoms with E-state index < -0.39 is 0 Å². The first-order valence-corrected chi connectivity index (χ1v) is 8.03. The first-order valence-electron chi connectivity index (χ1n) is 7.27. The summed E-state index contributed by atoms with van der Waals surface area (Å²) in [6.07, 6.45) is 5.08. The van der Waals surface area contributed by atoms with Crippen molar-refractivity contribution in [2.45, 2.75) is 31.7 Å². The van der Waals surface area contributed by atoms with Crippen LogP contribution in [0.25, 0.3) is 0 Å². The van der Waals surface area contributed by atoms with Crippen LogP contribution < -0.4 is 5.32 Å². The van der Waals surface area contributed by atoms with E-state index in [-0.39, 0.29) is 0 Å². The fourth-order valence-corrected chi connectivity index (χ4v) is 3.31. The Labute approximate surface area is 134 Å². The Morgan fingerprint density at radius 3 is 2.62 bits per heavy atom. The second kappa shape index (κ2) is 6.77. The fourth-order valence-electron chi connectivity index (χ4n) is 2.72. The summed E-state index contributed by atoms with van der Waals surface area (Å²) in [5, 5.41) is 13.3. The number of hydrogen-bond acceptors (Lipinski definition) is 3. The highest BCUT2D eigenvalue weighted by atomic mass is 35.5. The molecule has 2 heterocycles. The van der Waals surface area contributed by atoms with Gasteiger partial charge in [0.25, 0.3) is 0 Å². The Hall–Kier alpha value is -1.10. The molecule has 21 heavy (non-hydrogen) atoms. The lowest BCUT2D eigenvalue weighted by Crippen LogP contribution is -2.26. The summed E-state index contributed by atoms with van der Waals surface area (Å²) < 4.78 is 1.89. The number of nitrogens with zero attached hydrogens (tertiary/aromatic N) is 3. The number of aryl methyl sites for hydroxylation is 1. The van der Waals surface area contributed by atoms with Crippen LogP contribution in [0.2, 0.25) is 10.0 Å². The molecule has 0 spiro atoms. The van der Waals surface area contributed by atoms with Crippen molar-refractivity contribution in [3.8, 4) is 0 Å². The van der Waals surface area contributed by atoms with Crippen LogP contribution in [0.1, 0.15) is 30.0 Å². The molecule has 0 bridgehead atoms. The lowest BCUT2D eigenvalue weighted by Gasteiger charge is -2.20. The van der Waals surface area contributed by atoms with E-state index in [4.69, 9.17) is 23.2 Å². The average Bonchev–Trinajstić information content (AvgIpc) is 2.97. The lowest BCUT2D eigenvalue weighted by atomic mass is 9.95. The van der Waals surface area contributed by atoms with Gasteiger partial charge in [0.05, 0.1) is 5.69 Å². The van der Waals surface area contributed by atoms with E-state index in [0.717, 1.165) is 50.2 Å². The van der Waals surface area contributed by atoms with E-state index in [1.54, 1.807) is 0 Å². The van der Waals surface area contributed by atoms with Crippen molar-refractivity contribution >= 4 is 23.2 Å². The predicted octanol–water partition coefficient (Wildman–Crippen LogP) is 3.29. The molecule has 112 valence electrons. The molecule has 0 atom stereocenters. The summed E-state index contributed by atoms with van der Waals surface area (Å²) in [6.45, 7) is 2.86. The predicted molar refractivity (Wildman–Crippen MR) is 85.0 cm³/mol. The van der Waals surface area contributed by atoms with Gasteiger partial charge in [0.2, 0.25) is 0 Å². The van der Waals surface area contributed by atoms with Crippen LogP contribution in [0.4, 0.5) is 0 Å². The van der Waals surface area contributed by atoms with Crippen LogP contribution in [0.3, 0.4) is 0 Å². The maximum atomic E-state index is 6.19. The number of nitrogens with one attached hydrogen (secondary N) is 1. The molecule has 3 rings (SSSR count). The van der Waals surface area contributed by atoms with Gasteiger partial charge in [-0.1, -0.05) is 34.5 Å². The second-order valence-corrected chi connectivity index (χ2v) is 6.20. The third kappa shape index (κ3) is 3.57. The molecule has 0 radical (unpaired) electrons. The molecular formula is C15H18Cl2N4. The van der Waals surface area contributed by atoms with Crippen molar-refractivity contribution in [3.05, 3.63) is 45.7 Å². The number of benzene rings is 1. The van der Waals surface area contributed by atoms with Crippen molar-refractivity contribution < 1.29 is 0 Å². The van der Waals surface area contributed by atoms with Crippen LogP contribution in [-0.4, -0.2) is 28.1 Å². The lowest BCUT2D eigenvalue weighted by molar-refractivity contribution is 0.453. The van der Waals surface area contributed by atoms with Crippen molar-refractivity contribution in [1.29, 1.82) is 0 Å². The highest BCUT2D eigenvalue weighted by Crippen LogP contribution is 2.26. The van der Waals surface area contributed by atoms with E-state index in [2.05, 4.69) is 21.8 Å². The van der Waals surface area contributed by atoms with Crippen molar-refractivity contribution in [1.82, 2.24) is 20.3 Å². The number of aromatic nitrogens is 3. The molecule has 0 amide bonds. The third-order valence-electron chi connectivity index (χ3n) is 3.97. The molecule has 4 nitrogen and oxygen atoms in total. The van der Waals surface area contributed by atoms with Crippen LogP contribution in [0, 0.1) is 0 Å². The van der Waals surface area contributed by atoms with E-state index >= 15 is 0 Å². The molecule has 1 aliphatic rings.